The van der Waals surface area contributed by atoms with Crippen molar-refractivity contribution in [2.45, 2.75) is 45.1 Å². The molecule has 0 aliphatic carbocycles. The monoisotopic (exact) mass is 268 g/mol. The van der Waals surface area contributed by atoms with Crippen LogP contribution in [0.2, 0.25) is 0 Å². The molecule has 6 heteroatoms. The van der Waals surface area contributed by atoms with Crippen LogP contribution in [0.4, 0.5) is 0 Å². The van der Waals surface area contributed by atoms with Crippen LogP contribution in [0, 0.1) is 5.92 Å². The van der Waals surface area contributed by atoms with Gasteiger partial charge in [0, 0.05) is 18.9 Å². The maximum atomic E-state index is 11.8. The van der Waals surface area contributed by atoms with Gasteiger partial charge >= 0.3 is 5.97 Å². The van der Waals surface area contributed by atoms with Crippen molar-refractivity contribution in [2.24, 2.45) is 11.1 Å². The van der Waals surface area contributed by atoms with Gasteiger partial charge in [0.25, 0.3) is 0 Å². The number of carbonyl (C=O) groups is 2. The number of hydrogen-bond acceptors (Lipinski definition) is 5. The highest BCUT2D eigenvalue weighted by Crippen LogP contribution is 2.24. The number of oxime groups is 1. The molecule has 1 saturated heterocycles. The van der Waals surface area contributed by atoms with E-state index < -0.39 is 5.97 Å². The van der Waals surface area contributed by atoms with E-state index in [1.807, 2.05) is 0 Å². The van der Waals surface area contributed by atoms with E-state index in [9.17, 15) is 9.59 Å². The zero-order valence-electron chi connectivity index (χ0n) is 11.2. The van der Waals surface area contributed by atoms with E-state index in [1.54, 1.807) is 6.92 Å². The van der Waals surface area contributed by atoms with Crippen molar-refractivity contribution < 1.29 is 19.2 Å². The Morgan fingerprint density at radius 2 is 2.37 bits per heavy atom. The summed E-state index contributed by atoms with van der Waals surface area (Å²) >= 11 is 0. The van der Waals surface area contributed by atoms with Gasteiger partial charge in [-0.25, -0.2) is 4.79 Å². The van der Waals surface area contributed by atoms with E-state index in [1.165, 1.54) is 0 Å². The van der Waals surface area contributed by atoms with E-state index >= 15 is 0 Å². The van der Waals surface area contributed by atoms with Gasteiger partial charge in [0.2, 0.25) is 5.91 Å². The first-order valence-electron chi connectivity index (χ1n) is 6.88. The normalized spacial score (nSPS) is 27.0. The Balaban J connectivity index is 1.82. The number of amides is 1. The van der Waals surface area contributed by atoms with E-state index in [-0.39, 0.29) is 17.9 Å². The summed E-state index contributed by atoms with van der Waals surface area (Å²) in [6, 6.07) is 0. The lowest BCUT2D eigenvalue weighted by Crippen LogP contribution is -2.31. The lowest BCUT2D eigenvalue weighted by Gasteiger charge is -2.16. The smallest absolute Gasteiger partial charge is 0.356 e. The van der Waals surface area contributed by atoms with Gasteiger partial charge in [-0.1, -0.05) is 11.6 Å². The van der Waals surface area contributed by atoms with Crippen LogP contribution in [0.5, 0.6) is 0 Å². The predicted octanol–water partition coefficient (Wildman–Crippen LogP) is 1.00. The van der Waals surface area contributed by atoms with Crippen molar-refractivity contribution in [2.75, 3.05) is 13.2 Å². The third-order valence-corrected chi connectivity index (χ3v) is 3.44. The summed E-state index contributed by atoms with van der Waals surface area (Å²) in [6.07, 6.45) is 3.80. The highest BCUT2D eigenvalue weighted by atomic mass is 16.6. The van der Waals surface area contributed by atoms with Crippen LogP contribution in [-0.4, -0.2) is 36.8 Å². The highest BCUT2D eigenvalue weighted by Gasteiger charge is 2.31. The van der Waals surface area contributed by atoms with Crippen LogP contribution >= 0.6 is 0 Å². The third kappa shape index (κ3) is 3.68. The van der Waals surface area contributed by atoms with Crippen molar-refractivity contribution >= 4 is 17.6 Å². The fraction of sp³-hybridized carbons (Fsp3) is 0.769. The first kappa shape index (κ1) is 13.8. The summed E-state index contributed by atoms with van der Waals surface area (Å²) in [5.74, 6) is -0.370. The number of ether oxygens (including phenoxy) is 1. The standard InChI is InChI=1S/C13H20N2O4/c1-2-18-13(17)11-8-10(19-15-11)7-9-5-3-4-6-14-12(9)16/h9-10H,2-8H2,1H3,(H,14,16). The van der Waals surface area contributed by atoms with Gasteiger partial charge in [-0.05, 0) is 26.2 Å². The minimum atomic E-state index is -0.421. The van der Waals surface area contributed by atoms with Crippen LogP contribution in [-0.2, 0) is 19.2 Å². The molecule has 1 fully saturated rings. The first-order valence-corrected chi connectivity index (χ1v) is 6.88. The molecule has 2 atom stereocenters. The topological polar surface area (TPSA) is 77.0 Å². The summed E-state index contributed by atoms with van der Waals surface area (Å²) in [7, 11) is 0. The van der Waals surface area contributed by atoms with Crippen LogP contribution in [0.3, 0.4) is 0 Å². The number of nitrogens with zero attached hydrogens (tertiary/aromatic N) is 1. The second kappa shape index (κ2) is 6.54. The molecule has 2 heterocycles. The molecule has 106 valence electrons. The minimum absolute atomic E-state index is 0.0377. The zero-order chi connectivity index (χ0) is 13.7. The van der Waals surface area contributed by atoms with E-state index in [4.69, 9.17) is 9.57 Å². The van der Waals surface area contributed by atoms with E-state index in [0.29, 0.717) is 25.2 Å². The van der Waals surface area contributed by atoms with Crippen molar-refractivity contribution in [3.8, 4) is 0 Å². The van der Waals surface area contributed by atoms with E-state index in [0.717, 1.165) is 25.8 Å². The second-order valence-electron chi connectivity index (χ2n) is 4.91. The maximum Gasteiger partial charge on any atom is 0.356 e. The average Bonchev–Trinajstić information content (AvgIpc) is 2.76. The number of nitrogens with one attached hydrogen (secondary N) is 1. The molecule has 0 radical (unpaired) electrons. The first-order chi connectivity index (χ1) is 9.20. The Morgan fingerprint density at radius 1 is 1.53 bits per heavy atom. The Bertz CT molecular complexity index is 381. The van der Waals surface area contributed by atoms with Gasteiger partial charge in [-0.3, -0.25) is 4.79 Å². The lowest BCUT2D eigenvalue weighted by molar-refractivity contribution is -0.135. The van der Waals surface area contributed by atoms with Gasteiger partial charge in [0.05, 0.1) is 6.61 Å². The molecule has 19 heavy (non-hydrogen) atoms. The zero-order valence-corrected chi connectivity index (χ0v) is 11.2. The van der Waals surface area contributed by atoms with Gasteiger partial charge in [-0.15, -0.1) is 0 Å². The number of rotatable bonds is 4. The molecule has 2 aliphatic heterocycles. The number of hydrogen-bond donors (Lipinski definition) is 1. The molecule has 6 nitrogen and oxygen atoms in total. The van der Waals surface area contributed by atoms with E-state index in [2.05, 4.69) is 10.5 Å². The van der Waals surface area contributed by atoms with Crippen LogP contribution < -0.4 is 5.32 Å². The lowest BCUT2D eigenvalue weighted by atomic mass is 9.94. The summed E-state index contributed by atoms with van der Waals surface area (Å²) in [6.45, 7) is 2.83. The number of esters is 1. The molecular formula is C13H20N2O4. The van der Waals surface area contributed by atoms with Crippen molar-refractivity contribution in [3.05, 3.63) is 0 Å². The fourth-order valence-electron chi connectivity index (χ4n) is 2.43. The Hall–Kier alpha value is -1.59. The molecule has 0 saturated carbocycles. The second-order valence-corrected chi connectivity index (χ2v) is 4.91. The largest absolute Gasteiger partial charge is 0.461 e. The maximum absolute atomic E-state index is 11.8. The molecule has 1 N–H and O–H groups in total. The Kier molecular flexibility index (Phi) is 4.76. The van der Waals surface area contributed by atoms with Crippen LogP contribution in [0.15, 0.2) is 5.16 Å². The summed E-state index contributed by atoms with van der Waals surface area (Å²) < 4.78 is 4.88. The molecule has 0 bridgehead atoms. The molecule has 0 aromatic heterocycles. The minimum Gasteiger partial charge on any atom is -0.461 e. The fourth-order valence-corrected chi connectivity index (χ4v) is 2.43. The molecule has 0 aromatic rings. The van der Waals surface area contributed by atoms with Gasteiger partial charge in [0.15, 0.2) is 5.71 Å². The van der Waals surface area contributed by atoms with Gasteiger partial charge in [0.1, 0.15) is 6.10 Å². The van der Waals surface area contributed by atoms with Crippen molar-refractivity contribution in [1.82, 2.24) is 5.32 Å². The molecule has 2 rings (SSSR count). The third-order valence-electron chi connectivity index (χ3n) is 3.44. The van der Waals surface area contributed by atoms with Crippen LogP contribution in [0.1, 0.15) is 39.0 Å². The molecule has 2 aliphatic rings. The van der Waals surface area contributed by atoms with Crippen LogP contribution in [0.25, 0.3) is 0 Å². The molecular weight excluding hydrogens is 248 g/mol. The SMILES string of the molecule is CCOC(=O)C1=NOC(CC2CCCCNC2=O)C1. The van der Waals surface area contributed by atoms with Gasteiger partial charge < -0.3 is 14.9 Å². The summed E-state index contributed by atoms with van der Waals surface area (Å²) in [5.41, 5.74) is 0.320. The van der Waals surface area contributed by atoms with Gasteiger partial charge in [-0.2, -0.15) is 0 Å². The molecule has 2 unspecified atom stereocenters. The summed E-state index contributed by atoms with van der Waals surface area (Å²) in [4.78, 5) is 28.5. The average molecular weight is 268 g/mol. The highest BCUT2D eigenvalue weighted by molar-refractivity contribution is 6.36. The quantitative estimate of drug-likeness (QED) is 0.772. The predicted molar refractivity (Wildman–Crippen MR) is 68.5 cm³/mol. The van der Waals surface area contributed by atoms with Crippen molar-refractivity contribution in [1.29, 1.82) is 0 Å². The number of carbonyl (C=O) groups excluding carboxylic acids is 2. The molecule has 0 spiro atoms. The Labute approximate surface area is 112 Å². The molecule has 1 amide bonds. The summed E-state index contributed by atoms with van der Waals surface area (Å²) in [5, 5.41) is 6.66. The van der Waals surface area contributed by atoms with Crippen molar-refractivity contribution in [3.63, 3.8) is 0 Å². The molecule has 0 aromatic carbocycles. The Morgan fingerprint density at radius 3 is 3.16 bits per heavy atom.